The summed E-state index contributed by atoms with van der Waals surface area (Å²) in [6, 6.07) is 3.25. The van der Waals surface area contributed by atoms with Crippen LogP contribution in [0.3, 0.4) is 0 Å². The van der Waals surface area contributed by atoms with Crippen LogP contribution in [0.2, 0.25) is 0 Å². The molecule has 0 aliphatic rings. The maximum Gasteiger partial charge on any atom is 0.241 e. The van der Waals surface area contributed by atoms with Crippen LogP contribution in [-0.2, 0) is 4.79 Å². The Hall–Kier alpha value is 0.0900. The van der Waals surface area contributed by atoms with Gasteiger partial charge in [-0.15, -0.1) is 0 Å². The lowest BCUT2D eigenvalue weighted by Crippen LogP contribution is -2.36. The highest BCUT2D eigenvalue weighted by Gasteiger charge is 2.17. The number of rotatable bonds is 4. The molecule has 0 aliphatic carbocycles. The van der Waals surface area contributed by atoms with Crippen LogP contribution in [0.1, 0.15) is 20.3 Å². The summed E-state index contributed by atoms with van der Waals surface area (Å²) in [6.45, 7) is 4.08. The first-order chi connectivity index (χ1) is 8.31. The van der Waals surface area contributed by atoms with Gasteiger partial charge in [0, 0.05) is 13.4 Å². The fourth-order valence-corrected chi connectivity index (χ4v) is 3.95. The maximum atomic E-state index is 11.9. The van der Waals surface area contributed by atoms with Gasteiger partial charge in [0.15, 0.2) is 0 Å². The van der Waals surface area contributed by atoms with Crippen LogP contribution in [0.4, 0.5) is 5.69 Å². The Labute approximate surface area is 132 Å². The zero-order valence-electron chi connectivity index (χ0n) is 10.1. The van der Waals surface area contributed by atoms with E-state index in [4.69, 9.17) is 5.73 Å². The summed E-state index contributed by atoms with van der Waals surface area (Å²) >= 11 is 10.2. The topological polar surface area (TPSA) is 55.1 Å². The van der Waals surface area contributed by atoms with Gasteiger partial charge in [-0.3, -0.25) is 4.79 Å². The van der Waals surface area contributed by atoms with E-state index in [0.29, 0.717) is 18.0 Å². The third-order valence-electron chi connectivity index (χ3n) is 2.32. The molecule has 6 heteroatoms. The van der Waals surface area contributed by atoms with Gasteiger partial charge < -0.3 is 11.1 Å². The van der Waals surface area contributed by atoms with E-state index in [-0.39, 0.29) is 5.91 Å². The maximum absolute atomic E-state index is 11.9. The molecular formula is C12H15Br3N2O. The van der Waals surface area contributed by atoms with E-state index in [1.54, 1.807) is 0 Å². The number of anilines is 1. The van der Waals surface area contributed by atoms with Crippen molar-refractivity contribution >= 4 is 59.4 Å². The Bertz CT molecular complexity index is 426. The van der Waals surface area contributed by atoms with Crippen LogP contribution in [0.25, 0.3) is 0 Å². The van der Waals surface area contributed by atoms with Gasteiger partial charge in [0.05, 0.1) is 11.7 Å². The van der Waals surface area contributed by atoms with Gasteiger partial charge in [-0.25, -0.2) is 0 Å². The molecule has 1 atom stereocenters. The lowest BCUT2D eigenvalue weighted by atomic mass is 10.0. The van der Waals surface area contributed by atoms with E-state index in [9.17, 15) is 4.79 Å². The van der Waals surface area contributed by atoms with Gasteiger partial charge in [0.1, 0.15) is 0 Å². The van der Waals surface area contributed by atoms with Crippen LogP contribution in [0.15, 0.2) is 25.6 Å². The monoisotopic (exact) mass is 440 g/mol. The predicted octanol–water partition coefficient (Wildman–Crippen LogP) is 4.29. The number of hydrogen-bond donors (Lipinski definition) is 2. The van der Waals surface area contributed by atoms with Crippen molar-refractivity contribution in [3.05, 3.63) is 25.6 Å². The first-order valence-electron chi connectivity index (χ1n) is 5.52. The Morgan fingerprint density at radius 1 is 1.28 bits per heavy atom. The normalized spacial score (nSPS) is 12.6. The second kappa shape index (κ2) is 7.03. The molecule has 1 aromatic rings. The number of hydrogen-bond acceptors (Lipinski definition) is 2. The fourth-order valence-electron chi connectivity index (χ4n) is 1.49. The number of halogens is 3. The Morgan fingerprint density at radius 2 is 1.78 bits per heavy atom. The summed E-state index contributed by atoms with van der Waals surface area (Å²) in [6.07, 6.45) is 0.664. The molecule has 18 heavy (non-hydrogen) atoms. The first-order valence-corrected chi connectivity index (χ1v) is 7.90. The Kier molecular flexibility index (Phi) is 6.30. The second-order valence-electron chi connectivity index (χ2n) is 4.47. The van der Waals surface area contributed by atoms with Crippen molar-refractivity contribution in [3.8, 4) is 0 Å². The molecule has 1 aromatic carbocycles. The first kappa shape index (κ1) is 16.1. The second-order valence-corrected chi connectivity index (χ2v) is 7.09. The molecule has 0 heterocycles. The van der Waals surface area contributed by atoms with Gasteiger partial charge >= 0.3 is 0 Å². The minimum absolute atomic E-state index is 0.174. The minimum atomic E-state index is -0.493. The molecular weight excluding hydrogens is 428 g/mol. The molecule has 0 fully saturated rings. The van der Waals surface area contributed by atoms with Crippen molar-refractivity contribution < 1.29 is 4.79 Å². The van der Waals surface area contributed by atoms with E-state index >= 15 is 0 Å². The average molecular weight is 443 g/mol. The molecule has 0 radical (unpaired) electrons. The summed E-state index contributed by atoms with van der Waals surface area (Å²) < 4.78 is 2.52. The van der Waals surface area contributed by atoms with Crippen molar-refractivity contribution in [1.29, 1.82) is 0 Å². The Morgan fingerprint density at radius 3 is 2.22 bits per heavy atom. The molecule has 3 N–H and O–H groups in total. The van der Waals surface area contributed by atoms with Crippen LogP contribution in [-0.4, -0.2) is 11.9 Å². The third-order valence-corrected chi connectivity index (χ3v) is 4.03. The van der Waals surface area contributed by atoms with Crippen molar-refractivity contribution in [2.75, 3.05) is 5.32 Å². The zero-order valence-corrected chi connectivity index (χ0v) is 14.9. The quantitative estimate of drug-likeness (QED) is 0.731. The highest BCUT2D eigenvalue weighted by molar-refractivity contribution is 9.11. The molecule has 0 saturated carbocycles. The molecule has 0 bridgehead atoms. The van der Waals surface area contributed by atoms with E-state index in [2.05, 4.69) is 53.1 Å². The molecule has 0 spiro atoms. The largest absolute Gasteiger partial charge is 0.323 e. The van der Waals surface area contributed by atoms with E-state index in [0.717, 1.165) is 13.4 Å². The lowest BCUT2D eigenvalue weighted by molar-refractivity contribution is -0.117. The van der Waals surface area contributed by atoms with Crippen LogP contribution in [0.5, 0.6) is 0 Å². The molecule has 3 nitrogen and oxygen atoms in total. The number of nitrogens with one attached hydrogen (secondary N) is 1. The predicted molar refractivity (Wildman–Crippen MR) is 85.6 cm³/mol. The third kappa shape index (κ3) is 4.64. The molecule has 1 amide bonds. The number of nitrogens with two attached hydrogens (primary N) is 1. The molecule has 0 aliphatic heterocycles. The molecule has 0 saturated heterocycles. The van der Waals surface area contributed by atoms with Gasteiger partial charge in [-0.2, -0.15) is 0 Å². The van der Waals surface area contributed by atoms with Gasteiger partial charge in [0.2, 0.25) is 5.91 Å². The summed E-state index contributed by atoms with van der Waals surface area (Å²) in [4.78, 5) is 11.9. The minimum Gasteiger partial charge on any atom is -0.323 e. The highest BCUT2D eigenvalue weighted by atomic mass is 79.9. The van der Waals surface area contributed by atoms with Crippen molar-refractivity contribution in [2.45, 2.75) is 26.3 Å². The summed E-state index contributed by atoms with van der Waals surface area (Å²) in [5.41, 5.74) is 6.54. The summed E-state index contributed by atoms with van der Waals surface area (Å²) in [7, 11) is 0. The highest BCUT2D eigenvalue weighted by Crippen LogP contribution is 2.34. The standard InChI is InChI=1S/C12H15Br3N2O/c1-6(2)3-10(16)12(18)17-11-8(14)4-7(13)5-9(11)15/h4-6,10H,3,16H2,1-2H3,(H,17,18)/t10-/m0/s1. The average Bonchev–Trinajstić information content (AvgIpc) is 2.21. The van der Waals surface area contributed by atoms with Gasteiger partial charge in [0.25, 0.3) is 0 Å². The van der Waals surface area contributed by atoms with Crippen LogP contribution >= 0.6 is 47.8 Å². The number of carbonyl (C=O) groups excluding carboxylic acids is 1. The SMILES string of the molecule is CC(C)C[C@H](N)C(=O)Nc1c(Br)cc(Br)cc1Br. The lowest BCUT2D eigenvalue weighted by Gasteiger charge is -2.16. The molecule has 100 valence electrons. The number of amides is 1. The van der Waals surface area contributed by atoms with Gasteiger partial charge in [-0.05, 0) is 56.3 Å². The molecule has 1 rings (SSSR count). The van der Waals surface area contributed by atoms with E-state index in [1.165, 1.54) is 0 Å². The van der Waals surface area contributed by atoms with Crippen molar-refractivity contribution in [1.82, 2.24) is 0 Å². The summed E-state index contributed by atoms with van der Waals surface area (Å²) in [5, 5.41) is 2.83. The smallest absolute Gasteiger partial charge is 0.241 e. The van der Waals surface area contributed by atoms with Crippen molar-refractivity contribution in [3.63, 3.8) is 0 Å². The number of benzene rings is 1. The van der Waals surface area contributed by atoms with Crippen molar-refractivity contribution in [2.24, 2.45) is 11.7 Å². The molecule has 0 aromatic heterocycles. The molecule has 0 unspecified atom stereocenters. The zero-order chi connectivity index (χ0) is 13.9. The van der Waals surface area contributed by atoms with Crippen LogP contribution in [0, 0.1) is 5.92 Å². The van der Waals surface area contributed by atoms with Crippen LogP contribution < -0.4 is 11.1 Å². The fraction of sp³-hybridized carbons (Fsp3) is 0.417. The van der Waals surface area contributed by atoms with E-state index in [1.807, 2.05) is 26.0 Å². The van der Waals surface area contributed by atoms with E-state index < -0.39 is 6.04 Å². The summed E-state index contributed by atoms with van der Waals surface area (Å²) in [5.74, 6) is 0.218. The van der Waals surface area contributed by atoms with Gasteiger partial charge in [-0.1, -0.05) is 29.8 Å². The Balaban J connectivity index is 2.82. The number of carbonyl (C=O) groups is 1.